The van der Waals surface area contributed by atoms with Gasteiger partial charge in [-0.3, -0.25) is 9.69 Å². The van der Waals surface area contributed by atoms with Gasteiger partial charge in [0.1, 0.15) is 5.54 Å². The van der Waals surface area contributed by atoms with Crippen molar-refractivity contribution in [3.63, 3.8) is 0 Å². The second kappa shape index (κ2) is 5.15. The minimum atomic E-state index is -0.779. The van der Waals surface area contributed by atoms with Crippen molar-refractivity contribution in [2.75, 3.05) is 7.05 Å². The fourth-order valence-corrected chi connectivity index (χ4v) is 1.41. The summed E-state index contributed by atoms with van der Waals surface area (Å²) in [6, 6.07) is 0.140. The summed E-state index contributed by atoms with van der Waals surface area (Å²) in [5.41, 5.74) is -0.779. The Labute approximate surface area is 86.4 Å². The molecule has 0 bridgehead atoms. The zero-order chi connectivity index (χ0) is 11.4. The molecular formula is C11H21NO2. The van der Waals surface area contributed by atoms with Gasteiger partial charge in [-0.05, 0) is 34.2 Å². The zero-order valence-corrected chi connectivity index (χ0v) is 9.74. The number of aliphatic carboxylic acids is 1. The number of likely N-dealkylation sites (N-methyl/N-ethyl adjacent to an activating group) is 1. The lowest BCUT2D eigenvalue weighted by Crippen LogP contribution is -2.53. The van der Waals surface area contributed by atoms with Gasteiger partial charge < -0.3 is 5.11 Å². The van der Waals surface area contributed by atoms with Gasteiger partial charge >= 0.3 is 5.97 Å². The predicted molar refractivity (Wildman–Crippen MR) is 58.4 cm³/mol. The van der Waals surface area contributed by atoms with Gasteiger partial charge in [0.2, 0.25) is 0 Å². The third kappa shape index (κ3) is 2.58. The normalized spacial score (nSPS) is 18.4. The molecule has 0 aromatic heterocycles. The molecular weight excluding hydrogens is 178 g/mol. The molecule has 3 nitrogen and oxygen atoms in total. The first kappa shape index (κ1) is 13.2. The number of allylic oxidation sites excluding steroid dienone is 1. The van der Waals surface area contributed by atoms with Crippen molar-refractivity contribution in [3.8, 4) is 0 Å². The number of hydrogen-bond donors (Lipinski definition) is 1. The third-order valence-corrected chi connectivity index (χ3v) is 3.01. The summed E-state index contributed by atoms with van der Waals surface area (Å²) >= 11 is 0. The van der Waals surface area contributed by atoms with Crippen LogP contribution in [0.15, 0.2) is 12.2 Å². The van der Waals surface area contributed by atoms with Crippen LogP contribution in [0.2, 0.25) is 0 Å². The van der Waals surface area contributed by atoms with Gasteiger partial charge in [0.25, 0.3) is 0 Å². The van der Waals surface area contributed by atoms with E-state index in [1.165, 1.54) is 0 Å². The Hall–Kier alpha value is -0.830. The van der Waals surface area contributed by atoms with Crippen molar-refractivity contribution in [2.45, 2.75) is 45.7 Å². The molecule has 0 aromatic carbocycles. The van der Waals surface area contributed by atoms with Gasteiger partial charge in [-0.2, -0.15) is 0 Å². The maximum atomic E-state index is 11.1. The Kier molecular flexibility index (Phi) is 4.85. The average Bonchev–Trinajstić information content (AvgIpc) is 2.15. The standard InChI is InChI=1S/C11H21NO2/c1-6-8-9(3)12(5)11(4,7-2)10(13)14/h6,8-9H,7H2,1-5H3,(H,13,14). The molecule has 2 unspecified atom stereocenters. The Balaban J connectivity index is 4.77. The SMILES string of the molecule is CC=CC(C)N(C)C(C)(CC)C(=O)O. The van der Waals surface area contributed by atoms with Gasteiger partial charge in [0, 0.05) is 6.04 Å². The van der Waals surface area contributed by atoms with E-state index in [-0.39, 0.29) is 6.04 Å². The largest absolute Gasteiger partial charge is 0.480 e. The summed E-state index contributed by atoms with van der Waals surface area (Å²) in [5.74, 6) is -0.765. The monoisotopic (exact) mass is 199 g/mol. The molecule has 82 valence electrons. The maximum absolute atomic E-state index is 11.1. The van der Waals surface area contributed by atoms with Crippen molar-refractivity contribution in [2.24, 2.45) is 0 Å². The van der Waals surface area contributed by atoms with Crippen LogP contribution in [0.5, 0.6) is 0 Å². The molecule has 0 rings (SSSR count). The summed E-state index contributed by atoms with van der Waals surface area (Å²) < 4.78 is 0. The van der Waals surface area contributed by atoms with Crippen LogP contribution in [-0.4, -0.2) is 34.6 Å². The highest BCUT2D eigenvalue weighted by Crippen LogP contribution is 2.20. The molecule has 0 radical (unpaired) electrons. The molecule has 0 fully saturated rings. The van der Waals surface area contributed by atoms with Gasteiger partial charge in [-0.1, -0.05) is 19.1 Å². The lowest BCUT2D eigenvalue weighted by molar-refractivity contribution is -0.150. The molecule has 3 heteroatoms. The first-order valence-electron chi connectivity index (χ1n) is 4.99. The van der Waals surface area contributed by atoms with Crippen LogP contribution >= 0.6 is 0 Å². The van der Waals surface area contributed by atoms with Crippen LogP contribution in [0.25, 0.3) is 0 Å². The molecule has 1 N–H and O–H groups in total. The molecule has 0 aromatic rings. The van der Waals surface area contributed by atoms with Crippen molar-refractivity contribution in [1.29, 1.82) is 0 Å². The number of hydrogen-bond acceptors (Lipinski definition) is 2. The second-order valence-corrected chi connectivity index (χ2v) is 3.81. The Morgan fingerprint density at radius 1 is 1.64 bits per heavy atom. The van der Waals surface area contributed by atoms with Gasteiger partial charge in [0.05, 0.1) is 0 Å². The van der Waals surface area contributed by atoms with E-state index in [0.717, 1.165) is 0 Å². The van der Waals surface area contributed by atoms with E-state index in [4.69, 9.17) is 5.11 Å². The fraction of sp³-hybridized carbons (Fsp3) is 0.727. The smallest absolute Gasteiger partial charge is 0.323 e. The summed E-state index contributed by atoms with van der Waals surface area (Å²) in [6.07, 6.45) is 4.54. The van der Waals surface area contributed by atoms with Crippen LogP contribution in [-0.2, 0) is 4.79 Å². The number of carbonyl (C=O) groups is 1. The minimum absolute atomic E-state index is 0.140. The topological polar surface area (TPSA) is 40.5 Å². The quantitative estimate of drug-likeness (QED) is 0.690. The minimum Gasteiger partial charge on any atom is -0.480 e. The summed E-state index contributed by atoms with van der Waals surface area (Å²) in [6.45, 7) is 7.59. The molecule has 0 saturated heterocycles. The van der Waals surface area contributed by atoms with E-state index >= 15 is 0 Å². The molecule has 0 spiro atoms. The van der Waals surface area contributed by atoms with Crippen molar-refractivity contribution in [3.05, 3.63) is 12.2 Å². The fourth-order valence-electron chi connectivity index (χ4n) is 1.41. The molecule has 0 saturated carbocycles. The molecule has 0 heterocycles. The highest BCUT2D eigenvalue weighted by Gasteiger charge is 2.37. The molecule has 2 atom stereocenters. The summed E-state index contributed by atoms with van der Waals surface area (Å²) in [5, 5.41) is 9.15. The van der Waals surface area contributed by atoms with Crippen molar-refractivity contribution < 1.29 is 9.90 Å². The molecule has 0 aliphatic rings. The summed E-state index contributed by atoms with van der Waals surface area (Å²) in [7, 11) is 1.85. The Morgan fingerprint density at radius 3 is 2.43 bits per heavy atom. The Morgan fingerprint density at radius 2 is 2.14 bits per heavy atom. The lowest BCUT2D eigenvalue weighted by Gasteiger charge is -2.37. The van der Waals surface area contributed by atoms with Gasteiger partial charge in [-0.15, -0.1) is 0 Å². The molecule has 0 aliphatic heterocycles. The molecule has 14 heavy (non-hydrogen) atoms. The number of carboxylic acid groups (broad SMARTS) is 1. The highest BCUT2D eigenvalue weighted by molar-refractivity contribution is 5.78. The first-order chi connectivity index (χ1) is 6.40. The lowest BCUT2D eigenvalue weighted by atomic mass is 9.95. The third-order valence-electron chi connectivity index (χ3n) is 3.01. The van der Waals surface area contributed by atoms with Gasteiger partial charge in [0.15, 0.2) is 0 Å². The first-order valence-corrected chi connectivity index (χ1v) is 4.99. The van der Waals surface area contributed by atoms with Crippen LogP contribution in [0.4, 0.5) is 0 Å². The highest BCUT2D eigenvalue weighted by atomic mass is 16.4. The van der Waals surface area contributed by atoms with Crippen molar-refractivity contribution in [1.82, 2.24) is 4.90 Å². The van der Waals surface area contributed by atoms with E-state index in [9.17, 15) is 4.79 Å². The van der Waals surface area contributed by atoms with Gasteiger partial charge in [-0.25, -0.2) is 0 Å². The average molecular weight is 199 g/mol. The van der Waals surface area contributed by atoms with E-state index in [2.05, 4.69) is 0 Å². The van der Waals surface area contributed by atoms with Crippen LogP contribution in [0.1, 0.15) is 34.1 Å². The molecule has 0 amide bonds. The number of carboxylic acids is 1. The molecule has 0 aliphatic carbocycles. The van der Waals surface area contributed by atoms with E-state index in [1.807, 2.05) is 44.9 Å². The number of rotatable bonds is 5. The predicted octanol–water partition coefficient (Wildman–Crippen LogP) is 2.14. The van der Waals surface area contributed by atoms with Crippen LogP contribution in [0.3, 0.4) is 0 Å². The zero-order valence-electron chi connectivity index (χ0n) is 9.74. The van der Waals surface area contributed by atoms with E-state index in [0.29, 0.717) is 6.42 Å². The van der Waals surface area contributed by atoms with E-state index < -0.39 is 11.5 Å². The van der Waals surface area contributed by atoms with E-state index in [1.54, 1.807) is 6.92 Å². The van der Waals surface area contributed by atoms with Crippen molar-refractivity contribution >= 4 is 5.97 Å². The number of nitrogens with zero attached hydrogens (tertiary/aromatic N) is 1. The van der Waals surface area contributed by atoms with Crippen LogP contribution in [0, 0.1) is 0 Å². The Bertz CT molecular complexity index is 225. The van der Waals surface area contributed by atoms with Crippen LogP contribution < -0.4 is 0 Å². The maximum Gasteiger partial charge on any atom is 0.323 e. The summed E-state index contributed by atoms with van der Waals surface area (Å²) in [4.78, 5) is 13.0. The second-order valence-electron chi connectivity index (χ2n) is 3.81.